The van der Waals surface area contributed by atoms with Crippen molar-refractivity contribution in [1.82, 2.24) is 10.2 Å². The third-order valence-corrected chi connectivity index (χ3v) is 4.07. The van der Waals surface area contributed by atoms with Gasteiger partial charge in [0, 0.05) is 20.0 Å². The second-order valence-corrected chi connectivity index (χ2v) is 5.87. The Balaban J connectivity index is 2.67. The van der Waals surface area contributed by atoms with E-state index < -0.39 is 6.04 Å². The van der Waals surface area contributed by atoms with Crippen LogP contribution in [0.1, 0.15) is 46.5 Å². The van der Waals surface area contributed by atoms with Crippen LogP contribution in [0.5, 0.6) is 0 Å². The summed E-state index contributed by atoms with van der Waals surface area (Å²) in [5, 5.41) is 3.03. The first-order chi connectivity index (χ1) is 8.84. The standard InChI is InChI=1S/C14H27N3O2/c1-9(2)13(15)14(19)16-11-7-5-6-8-12(11)17(4)10(3)18/h9,11-13H,5-8,15H2,1-4H3,(H,16,19)/t11?,12?,13-/m0/s1. The van der Waals surface area contributed by atoms with E-state index >= 15 is 0 Å². The van der Waals surface area contributed by atoms with Crippen LogP contribution in [-0.4, -0.2) is 41.9 Å². The fourth-order valence-corrected chi connectivity index (χ4v) is 2.56. The summed E-state index contributed by atoms with van der Waals surface area (Å²) in [7, 11) is 1.81. The van der Waals surface area contributed by atoms with Crippen molar-refractivity contribution in [2.75, 3.05) is 7.05 Å². The van der Waals surface area contributed by atoms with E-state index in [9.17, 15) is 9.59 Å². The number of carbonyl (C=O) groups excluding carboxylic acids is 2. The predicted molar refractivity (Wildman–Crippen MR) is 75.4 cm³/mol. The molecule has 2 unspecified atom stereocenters. The van der Waals surface area contributed by atoms with Gasteiger partial charge >= 0.3 is 0 Å². The molecule has 3 atom stereocenters. The third kappa shape index (κ3) is 4.20. The molecule has 19 heavy (non-hydrogen) atoms. The van der Waals surface area contributed by atoms with Crippen LogP contribution >= 0.6 is 0 Å². The van der Waals surface area contributed by atoms with Gasteiger partial charge in [-0.25, -0.2) is 0 Å². The van der Waals surface area contributed by atoms with Crippen LogP contribution in [0, 0.1) is 5.92 Å². The monoisotopic (exact) mass is 269 g/mol. The Kier molecular flexibility index (Phi) is 5.79. The minimum Gasteiger partial charge on any atom is -0.350 e. The van der Waals surface area contributed by atoms with Gasteiger partial charge in [0.1, 0.15) is 0 Å². The van der Waals surface area contributed by atoms with Gasteiger partial charge in [0.05, 0.1) is 12.1 Å². The van der Waals surface area contributed by atoms with Crippen molar-refractivity contribution in [2.24, 2.45) is 11.7 Å². The first kappa shape index (κ1) is 16.0. The normalized spacial score (nSPS) is 24.9. The van der Waals surface area contributed by atoms with Crippen molar-refractivity contribution in [2.45, 2.75) is 64.6 Å². The number of nitrogens with zero attached hydrogens (tertiary/aromatic N) is 1. The topological polar surface area (TPSA) is 75.4 Å². The maximum atomic E-state index is 12.1. The van der Waals surface area contributed by atoms with Crippen LogP contribution < -0.4 is 11.1 Å². The van der Waals surface area contributed by atoms with Gasteiger partial charge in [0.15, 0.2) is 0 Å². The fourth-order valence-electron chi connectivity index (χ4n) is 2.56. The Morgan fingerprint density at radius 3 is 2.37 bits per heavy atom. The van der Waals surface area contributed by atoms with E-state index in [-0.39, 0.29) is 29.8 Å². The molecule has 0 aliphatic heterocycles. The van der Waals surface area contributed by atoms with E-state index in [0.717, 1.165) is 25.7 Å². The number of carbonyl (C=O) groups is 2. The SMILES string of the molecule is CC(=O)N(C)C1CCCCC1NC(=O)[C@@H](N)C(C)C. The molecule has 5 heteroatoms. The Hall–Kier alpha value is -1.10. The van der Waals surface area contributed by atoms with Crippen LogP contribution in [0.4, 0.5) is 0 Å². The van der Waals surface area contributed by atoms with E-state index in [0.29, 0.717) is 0 Å². The van der Waals surface area contributed by atoms with Crippen LogP contribution in [0.3, 0.4) is 0 Å². The zero-order valence-electron chi connectivity index (χ0n) is 12.5. The van der Waals surface area contributed by atoms with E-state index in [1.165, 1.54) is 0 Å². The molecule has 1 rings (SSSR count). The number of amides is 2. The Bertz CT molecular complexity index is 331. The maximum absolute atomic E-state index is 12.1. The van der Waals surface area contributed by atoms with Crippen molar-refractivity contribution in [3.05, 3.63) is 0 Å². The minimum atomic E-state index is -0.481. The van der Waals surface area contributed by atoms with Gasteiger partial charge < -0.3 is 16.0 Å². The Morgan fingerprint density at radius 1 is 1.26 bits per heavy atom. The highest BCUT2D eigenvalue weighted by Crippen LogP contribution is 2.23. The molecule has 0 aromatic rings. The molecule has 110 valence electrons. The van der Waals surface area contributed by atoms with Crippen molar-refractivity contribution in [3.8, 4) is 0 Å². The lowest BCUT2D eigenvalue weighted by atomic mass is 9.88. The van der Waals surface area contributed by atoms with Gasteiger partial charge in [0.2, 0.25) is 11.8 Å². The first-order valence-electron chi connectivity index (χ1n) is 7.14. The lowest BCUT2D eigenvalue weighted by Crippen LogP contribution is -2.56. The second-order valence-electron chi connectivity index (χ2n) is 5.87. The zero-order valence-corrected chi connectivity index (χ0v) is 12.5. The van der Waals surface area contributed by atoms with E-state index in [1.54, 1.807) is 18.9 Å². The van der Waals surface area contributed by atoms with Crippen molar-refractivity contribution >= 4 is 11.8 Å². The Labute approximate surface area is 115 Å². The molecule has 0 radical (unpaired) electrons. The summed E-state index contributed by atoms with van der Waals surface area (Å²) in [5.41, 5.74) is 5.87. The van der Waals surface area contributed by atoms with Crippen LogP contribution in [-0.2, 0) is 9.59 Å². The van der Waals surface area contributed by atoms with Gasteiger partial charge in [0.25, 0.3) is 0 Å². The first-order valence-corrected chi connectivity index (χ1v) is 7.14. The molecule has 0 bridgehead atoms. The van der Waals surface area contributed by atoms with Crippen molar-refractivity contribution in [1.29, 1.82) is 0 Å². The lowest BCUT2D eigenvalue weighted by molar-refractivity contribution is -0.132. The molecule has 0 spiro atoms. The molecule has 3 N–H and O–H groups in total. The number of likely N-dealkylation sites (N-methyl/N-ethyl adjacent to an activating group) is 1. The summed E-state index contributed by atoms with van der Waals surface area (Å²) in [5.74, 6) is 0.0516. The Morgan fingerprint density at radius 2 is 1.84 bits per heavy atom. The van der Waals surface area contributed by atoms with Gasteiger partial charge in [-0.1, -0.05) is 26.7 Å². The number of hydrogen-bond acceptors (Lipinski definition) is 3. The highest BCUT2D eigenvalue weighted by atomic mass is 16.2. The molecular formula is C14H27N3O2. The number of nitrogens with one attached hydrogen (secondary N) is 1. The maximum Gasteiger partial charge on any atom is 0.237 e. The fraction of sp³-hybridized carbons (Fsp3) is 0.857. The van der Waals surface area contributed by atoms with Crippen molar-refractivity contribution in [3.63, 3.8) is 0 Å². The molecule has 1 saturated carbocycles. The number of hydrogen-bond donors (Lipinski definition) is 2. The largest absolute Gasteiger partial charge is 0.350 e. The molecule has 0 saturated heterocycles. The summed E-state index contributed by atoms with van der Waals surface area (Å²) in [6.45, 7) is 5.43. The number of nitrogens with two attached hydrogens (primary N) is 1. The minimum absolute atomic E-state index is 0.0277. The summed E-state index contributed by atoms with van der Waals surface area (Å²) in [4.78, 5) is 25.3. The van der Waals surface area contributed by atoms with E-state index in [1.807, 2.05) is 13.8 Å². The van der Waals surface area contributed by atoms with Crippen LogP contribution in [0.15, 0.2) is 0 Å². The van der Waals surface area contributed by atoms with E-state index in [2.05, 4.69) is 5.32 Å². The molecule has 2 amide bonds. The summed E-state index contributed by atoms with van der Waals surface area (Å²) in [6, 6.07) is -0.361. The second kappa shape index (κ2) is 6.89. The molecule has 5 nitrogen and oxygen atoms in total. The molecule has 0 aromatic heterocycles. The average Bonchev–Trinajstić information content (AvgIpc) is 2.37. The highest BCUT2D eigenvalue weighted by Gasteiger charge is 2.32. The van der Waals surface area contributed by atoms with Crippen LogP contribution in [0.2, 0.25) is 0 Å². The molecular weight excluding hydrogens is 242 g/mol. The summed E-state index contributed by atoms with van der Waals surface area (Å²) in [6.07, 6.45) is 4.05. The average molecular weight is 269 g/mol. The lowest BCUT2D eigenvalue weighted by Gasteiger charge is -2.38. The summed E-state index contributed by atoms with van der Waals surface area (Å²) >= 11 is 0. The van der Waals surface area contributed by atoms with Gasteiger partial charge in [-0.15, -0.1) is 0 Å². The van der Waals surface area contributed by atoms with E-state index in [4.69, 9.17) is 5.73 Å². The predicted octanol–water partition coefficient (Wildman–Crippen LogP) is 0.875. The smallest absolute Gasteiger partial charge is 0.237 e. The quantitative estimate of drug-likeness (QED) is 0.795. The van der Waals surface area contributed by atoms with Gasteiger partial charge in [-0.3, -0.25) is 9.59 Å². The van der Waals surface area contributed by atoms with Gasteiger partial charge in [-0.05, 0) is 18.8 Å². The van der Waals surface area contributed by atoms with Gasteiger partial charge in [-0.2, -0.15) is 0 Å². The van der Waals surface area contributed by atoms with Crippen LogP contribution in [0.25, 0.3) is 0 Å². The number of rotatable bonds is 4. The highest BCUT2D eigenvalue weighted by molar-refractivity contribution is 5.82. The zero-order chi connectivity index (χ0) is 14.6. The summed E-state index contributed by atoms with van der Waals surface area (Å²) < 4.78 is 0. The molecule has 1 fully saturated rings. The third-order valence-electron chi connectivity index (χ3n) is 4.07. The van der Waals surface area contributed by atoms with Crippen molar-refractivity contribution < 1.29 is 9.59 Å². The molecule has 0 aromatic carbocycles. The molecule has 1 aliphatic carbocycles. The molecule has 1 aliphatic rings. The molecule has 0 heterocycles.